The first-order chi connectivity index (χ1) is 15.7. The lowest BCUT2D eigenvalue weighted by Crippen LogP contribution is -2.28. The molecule has 0 fully saturated rings. The van der Waals surface area contributed by atoms with E-state index in [9.17, 15) is 13.6 Å². The van der Waals surface area contributed by atoms with Crippen LogP contribution in [0.2, 0.25) is 0 Å². The monoisotopic (exact) mass is 562 g/mol. The highest BCUT2D eigenvalue weighted by Gasteiger charge is 2.30. The zero-order valence-corrected chi connectivity index (χ0v) is 20.9. The molecule has 1 N–H and O–H groups in total. The van der Waals surface area contributed by atoms with E-state index in [2.05, 4.69) is 46.2 Å². The van der Waals surface area contributed by atoms with E-state index in [4.69, 9.17) is 4.98 Å². The molecule has 2 heterocycles. The Labute approximate surface area is 206 Å². The summed E-state index contributed by atoms with van der Waals surface area (Å²) < 4.78 is 28.7. The van der Waals surface area contributed by atoms with Gasteiger partial charge in [-0.1, -0.05) is 25.1 Å². The van der Waals surface area contributed by atoms with E-state index >= 15 is 0 Å². The van der Waals surface area contributed by atoms with E-state index in [1.165, 1.54) is 23.3 Å². The summed E-state index contributed by atoms with van der Waals surface area (Å²) in [6.45, 7) is 5.67. The summed E-state index contributed by atoms with van der Waals surface area (Å²) in [6.07, 6.45) is 6.18. The van der Waals surface area contributed by atoms with Crippen molar-refractivity contribution < 1.29 is 13.6 Å². The van der Waals surface area contributed by atoms with Crippen molar-refractivity contribution in [3.63, 3.8) is 0 Å². The average molecular weight is 562 g/mol. The quantitative estimate of drug-likeness (QED) is 0.325. The van der Waals surface area contributed by atoms with E-state index in [-0.39, 0.29) is 11.5 Å². The first kappa shape index (κ1) is 23.5. The van der Waals surface area contributed by atoms with Crippen LogP contribution in [0.3, 0.4) is 0 Å². The zero-order chi connectivity index (χ0) is 23.8. The topological polar surface area (TPSA) is 58.1 Å². The number of hydrogen-bond donors (Lipinski definition) is 1. The van der Waals surface area contributed by atoms with Gasteiger partial charge in [0.15, 0.2) is 0 Å². The molecular weight excluding hydrogens is 537 g/mol. The molecule has 0 atom stereocenters. The second-order valence-electron chi connectivity index (χ2n) is 8.25. The first-order valence-electron chi connectivity index (χ1n) is 10.9. The smallest absolute Gasteiger partial charge is 0.270 e. The van der Waals surface area contributed by atoms with Crippen LogP contribution in [-0.2, 0) is 10.7 Å². The fraction of sp³-hybridized carbons (Fsp3) is 0.320. The van der Waals surface area contributed by atoms with Gasteiger partial charge in [0.25, 0.3) is 11.8 Å². The van der Waals surface area contributed by atoms with Gasteiger partial charge in [0.1, 0.15) is 0 Å². The molecule has 1 aliphatic heterocycles. The molecule has 1 aliphatic carbocycles. The van der Waals surface area contributed by atoms with Gasteiger partial charge in [-0.2, -0.15) is 0 Å². The third-order valence-corrected chi connectivity index (χ3v) is 6.91. The predicted molar refractivity (Wildman–Crippen MR) is 134 cm³/mol. The SMILES string of the molecule is CCC1=C(c2ccnc(Nc3ccc(C(C)(F)F)cc3)n2)C(C)=C2C/C1=C/CCN(I)C2=O. The molecule has 2 aromatic rings. The summed E-state index contributed by atoms with van der Waals surface area (Å²) in [7, 11) is 0. The number of anilines is 2. The molecule has 0 radical (unpaired) electrons. The lowest BCUT2D eigenvalue weighted by molar-refractivity contribution is -0.121. The zero-order valence-electron chi connectivity index (χ0n) is 18.8. The minimum atomic E-state index is -2.89. The minimum Gasteiger partial charge on any atom is -0.324 e. The number of carbonyl (C=O) groups excluding carboxylic acids is 1. The van der Waals surface area contributed by atoms with Crippen molar-refractivity contribution in [2.24, 2.45) is 0 Å². The molecule has 33 heavy (non-hydrogen) atoms. The molecule has 1 aromatic heterocycles. The summed E-state index contributed by atoms with van der Waals surface area (Å²) in [5.41, 5.74) is 6.40. The Kier molecular flexibility index (Phi) is 6.65. The van der Waals surface area contributed by atoms with Gasteiger partial charge in [0.2, 0.25) is 5.95 Å². The number of nitrogens with zero attached hydrogens (tertiary/aromatic N) is 3. The molecule has 8 heteroatoms. The summed E-state index contributed by atoms with van der Waals surface area (Å²) in [5.74, 6) is -2.48. The number of alkyl halides is 2. The number of rotatable bonds is 5. The molecule has 0 spiro atoms. The maximum atomic E-state index is 13.5. The Morgan fingerprint density at radius 2 is 1.94 bits per heavy atom. The Morgan fingerprint density at radius 3 is 2.61 bits per heavy atom. The number of allylic oxidation sites excluding steroid dienone is 4. The molecule has 1 amide bonds. The fourth-order valence-electron chi connectivity index (χ4n) is 4.28. The normalized spacial score (nSPS) is 18.7. The predicted octanol–water partition coefficient (Wildman–Crippen LogP) is 6.72. The molecule has 2 aliphatic rings. The van der Waals surface area contributed by atoms with Crippen molar-refractivity contribution in [3.05, 3.63) is 76.2 Å². The van der Waals surface area contributed by atoms with Gasteiger partial charge in [-0.15, -0.1) is 0 Å². The molecule has 5 nitrogen and oxygen atoms in total. The van der Waals surface area contributed by atoms with Crippen LogP contribution in [0.25, 0.3) is 5.57 Å². The van der Waals surface area contributed by atoms with Gasteiger partial charge in [-0.3, -0.25) is 7.91 Å². The van der Waals surface area contributed by atoms with Gasteiger partial charge < -0.3 is 5.32 Å². The van der Waals surface area contributed by atoms with Crippen LogP contribution in [0.15, 0.2) is 64.9 Å². The lowest BCUT2D eigenvalue weighted by atomic mass is 9.79. The number of aromatic nitrogens is 2. The largest absolute Gasteiger partial charge is 0.324 e. The third-order valence-electron chi connectivity index (χ3n) is 5.99. The molecule has 2 bridgehead atoms. The van der Waals surface area contributed by atoms with Gasteiger partial charge in [-0.05, 0) is 54.7 Å². The molecule has 1 aromatic carbocycles. The van der Waals surface area contributed by atoms with Gasteiger partial charge in [0, 0.05) is 48.5 Å². The molecule has 0 saturated carbocycles. The van der Waals surface area contributed by atoms with Crippen molar-refractivity contribution >= 4 is 46.0 Å². The van der Waals surface area contributed by atoms with Crippen molar-refractivity contribution in [2.45, 2.75) is 46.0 Å². The first-order valence-corrected chi connectivity index (χ1v) is 11.8. The molecule has 4 rings (SSSR count). The number of carbonyl (C=O) groups is 1. The Bertz CT molecular complexity index is 1180. The molecule has 0 unspecified atom stereocenters. The second-order valence-corrected chi connectivity index (χ2v) is 9.42. The highest BCUT2D eigenvalue weighted by molar-refractivity contribution is 14.1. The Morgan fingerprint density at radius 1 is 1.21 bits per heavy atom. The van der Waals surface area contributed by atoms with E-state index in [1.807, 2.05) is 13.0 Å². The second kappa shape index (κ2) is 9.32. The summed E-state index contributed by atoms with van der Waals surface area (Å²) >= 11 is 2.09. The van der Waals surface area contributed by atoms with Crippen molar-refractivity contribution in [2.75, 3.05) is 11.9 Å². The number of fused-ring (bicyclic) bond motifs is 2. The van der Waals surface area contributed by atoms with Gasteiger partial charge >= 0.3 is 0 Å². The number of hydrogen-bond acceptors (Lipinski definition) is 4. The van der Waals surface area contributed by atoms with Crippen LogP contribution < -0.4 is 5.32 Å². The maximum Gasteiger partial charge on any atom is 0.270 e. The number of halogens is 3. The van der Waals surface area contributed by atoms with Crippen LogP contribution in [0.1, 0.15) is 51.3 Å². The summed E-state index contributed by atoms with van der Waals surface area (Å²) in [6, 6.07) is 7.80. The Balaban J connectivity index is 1.73. The van der Waals surface area contributed by atoms with Gasteiger partial charge in [-0.25, -0.2) is 18.7 Å². The number of amides is 1. The van der Waals surface area contributed by atoms with Crippen LogP contribution in [0.5, 0.6) is 0 Å². The van der Waals surface area contributed by atoms with Crippen LogP contribution in [0.4, 0.5) is 20.4 Å². The van der Waals surface area contributed by atoms with E-state index < -0.39 is 5.92 Å². The van der Waals surface area contributed by atoms with Crippen LogP contribution in [-0.4, -0.2) is 25.5 Å². The van der Waals surface area contributed by atoms with Gasteiger partial charge in [0.05, 0.1) is 28.6 Å². The molecular formula is C25H25F2IN4O. The molecule has 0 saturated heterocycles. The van der Waals surface area contributed by atoms with E-state index in [1.54, 1.807) is 21.4 Å². The van der Waals surface area contributed by atoms with Crippen molar-refractivity contribution in [1.29, 1.82) is 0 Å². The highest BCUT2D eigenvalue weighted by atomic mass is 127. The van der Waals surface area contributed by atoms with Crippen LogP contribution >= 0.6 is 22.9 Å². The number of nitrogens with one attached hydrogen (secondary N) is 1. The number of benzene rings is 1. The fourth-order valence-corrected chi connectivity index (χ4v) is 4.85. The van der Waals surface area contributed by atoms with Crippen LogP contribution in [0, 0.1) is 0 Å². The minimum absolute atomic E-state index is 0.0478. The lowest BCUT2D eigenvalue weighted by Gasteiger charge is -2.29. The van der Waals surface area contributed by atoms with Crippen molar-refractivity contribution in [3.8, 4) is 0 Å². The highest BCUT2D eigenvalue weighted by Crippen LogP contribution is 2.42. The summed E-state index contributed by atoms with van der Waals surface area (Å²) in [4.78, 5) is 22.0. The maximum absolute atomic E-state index is 13.5. The van der Waals surface area contributed by atoms with Crippen molar-refractivity contribution in [1.82, 2.24) is 13.1 Å². The van der Waals surface area contributed by atoms with E-state index in [0.29, 0.717) is 24.6 Å². The average Bonchev–Trinajstić information content (AvgIpc) is 2.78. The van der Waals surface area contributed by atoms with E-state index in [0.717, 1.165) is 42.2 Å². The third kappa shape index (κ3) is 4.85. The summed E-state index contributed by atoms with van der Waals surface area (Å²) in [5, 5.41) is 3.10. The Hall–Kier alpha value is -2.62. The standard InChI is InChI=1S/C25H25F2IN4O/c1-4-19-16-6-5-13-32(28)23(33)20(14-16)15(2)22(19)21-11-12-29-24(31-21)30-18-9-7-17(8-10-18)25(3,26)27/h6-12H,4-5,13-14H2,1-3H3,(H,29,30,31)/b16-6-. The molecule has 172 valence electrons.